The number of nitrogens with zero attached hydrogens (tertiary/aromatic N) is 1. The van der Waals surface area contributed by atoms with E-state index >= 15 is 0 Å². The van der Waals surface area contributed by atoms with Gasteiger partial charge in [-0.3, -0.25) is 4.79 Å². The summed E-state index contributed by atoms with van der Waals surface area (Å²) >= 11 is 4.72. The van der Waals surface area contributed by atoms with Crippen molar-refractivity contribution in [3.8, 4) is 5.75 Å². The molecule has 3 N–H and O–H groups in total. The maximum absolute atomic E-state index is 14.6. The van der Waals surface area contributed by atoms with Gasteiger partial charge >= 0.3 is 0 Å². The molecule has 1 aromatic heterocycles. The molecule has 0 spiro atoms. The first-order chi connectivity index (χ1) is 14.0. The molecular formula is C21H28FN3O3S. The number of hydrogen-bond donors (Lipinski definition) is 3. The van der Waals surface area contributed by atoms with Gasteiger partial charge in [-0.15, -0.1) is 0 Å². The molecule has 1 aliphatic carbocycles. The summed E-state index contributed by atoms with van der Waals surface area (Å²) in [5.41, 5.74) is 5.81. The van der Waals surface area contributed by atoms with Gasteiger partial charge in [0.1, 0.15) is 22.8 Å². The topological polar surface area (TPSA) is 90.2 Å². The lowest BCUT2D eigenvalue weighted by atomic mass is 9.84. The Kier molecular flexibility index (Phi) is 6.41. The number of nitrogens with two attached hydrogens (primary N) is 1. The summed E-state index contributed by atoms with van der Waals surface area (Å²) in [6, 6.07) is 3.15. The molecule has 2 aromatic rings. The van der Waals surface area contributed by atoms with Crippen molar-refractivity contribution >= 4 is 23.5 Å². The number of H-pyrrole nitrogens is 1. The number of aromatic nitrogens is 2. The summed E-state index contributed by atoms with van der Waals surface area (Å²) < 4.78 is 25.8. The number of thiol groups is 1. The molecule has 2 heterocycles. The summed E-state index contributed by atoms with van der Waals surface area (Å²) in [5, 5.41) is -0.257. The van der Waals surface area contributed by atoms with Crippen LogP contribution in [0.4, 0.5) is 4.39 Å². The summed E-state index contributed by atoms with van der Waals surface area (Å²) in [6.45, 7) is 1.97. The molecule has 158 valence electrons. The molecule has 2 aliphatic rings. The summed E-state index contributed by atoms with van der Waals surface area (Å²) in [4.78, 5) is 19.8. The second-order valence-corrected chi connectivity index (χ2v) is 8.79. The van der Waals surface area contributed by atoms with E-state index in [1.54, 1.807) is 6.07 Å². The van der Waals surface area contributed by atoms with E-state index in [0.717, 1.165) is 51.7 Å². The van der Waals surface area contributed by atoms with Crippen LogP contribution < -0.4 is 16.0 Å². The van der Waals surface area contributed by atoms with Crippen molar-refractivity contribution in [3.05, 3.63) is 34.1 Å². The van der Waals surface area contributed by atoms with Gasteiger partial charge in [0, 0.05) is 31.4 Å². The minimum atomic E-state index is -0.621. The molecule has 8 heteroatoms. The van der Waals surface area contributed by atoms with Crippen molar-refractivity contribution in [1.29, 1.82) is 0 Å². The van der Waals surface area contributed by atoms with E-state index < -0.39 is 11.4 Å². The van der Waals surface area contributed by atoms with Crippen LogP contribution in [0.15, 0.2) is 16.9 Å². The number of benzene rings is 1. The number of nitrogens with one attached hydrogen (secondary N) is 1. The zero-order valence-corrected chi connectivity index (χ0v) is 17.3. The largest absolute Gasteiger partial charge is 0.493 e. The van der Waals surface area contributed by atoms with Crippen LogP contribution in [-0.2, 0) is 4.74 Å². The molecule has 1 saturated heterocycles. The van der Waals surface area contributed by atoms with Crippen molar-refractivity contribution < 1.29 is 13.9 Å². The molecule has 0 bridgehead atoms. The number of halogens is 1. The van der Waals surface area contributed by atoms with Crippen LogP contribution in [0, 0.1) is 17.7 Å². The van der Waals surface area contributed by atoms with Crippen molar-refractivity contribution in [3.63, 3.8) is 0 Å². The van der Waals surface area contributed by atoms with Crippen molar-refractivity contribution in [1.82, 2.24) is 9.97 Å². The Labute approximate surface area is 174 Å². The average molecular weight is 422 g/mol. The molecule has 0 amide bonds. The number of fused-ring (bicyclic) bond motifs is 1. The van der Waals surface area contributed by atoms with E-state index in [1.807, 2.05) is 0 Å². The highest BCUT2D eigenvalue weighted by atomic mass is 32.1. The van der Waals surface area contributed by atoms with Crippen LogP contribution in [0.1, 0.15) is 49.6 Å². The van der Waals surface area contributed by atoms with Gasteiger partial charge in [0.15, 0.2) is 0 Å². The summed E-state index contributed by atoms with van der Waals surface area (Å²) in [5.74, 6) is 0.933. The zero-order valence-electron chi connectivity index (χ0n) is 16.4. The average Bonchev–Trinajstić information content (AvgIpc) is 2.72. The monoisotopic (exact) mass is 421 g/mol. The highest BCUT2D eigenvalue weighted by molar-refractivity contribution is 7.80. The van der Waals surface area contributed by atoms with E-state index in [-0.39, 0.29) is 22.6 Å². The standard InChI is InChI=1S/C21H28FN3O3S/c22-16-9-15(28-11-12-5-7-27-8-6-12)10-17-18(16)21(26)25-20(24-17)19(29)13-1-3-14(23)4-2-13/h9-10,12-14,19,29H,1-8,11,23H2,(H,24,25,26). The SMILES string of the molecule is NC1CCC(C(S)c2nc3cc(OCC4CCOCC4)cc(F)c3c(=O)[nH]2)CC1. The van der Waals surface area contributed by atoms with Crippen molar-refractivity contribution in [2.75, 3.05) is 19.8 Å². The number of rotatable bonds is 5. The molecule has 1 saturated carbocycles. The van der Waals surface area contributed by atoms with Gasteiger partial charge in [-0.05, 0) is 50.4 Å². The fourth-order valence-electron chi connectivity index (χ4n) is 4.25. The molecule has 2 fully saturated rings. The Bertz CT molecular complexity index is 908. The highest BCUT2D eigenvalue weighted by Crippen LogP contribution is 2.37. The van der Waals surface area contributed by atoms with E-state index in [0.29, 0.717) is 29.6 Å². The van der Waals surface area contributed by atoms with E-state index in [9.17, 15) is 9.18 Å². The molecule has 6 nitrogen and oxygen atoms in total. The molecule has 0 radical (unpaired) electrons. The van der Waals surface area contributed by atoms with Crippen LogP contribution in [-0.4, -0.2) is 35.8 Å². The molecule has 1 atom stereocenters. The minimum absolute atomic E-state index is 0.0432. The third-order valence-corrected chi connectivity index (χ3v) is 6.79. The zero-order chi connectivity index (χ0) is 20.4. The fraction of sp³-hybridized carbons (Fsp3) is 0.619. The maximum atomic E-state index is 14.6. The molecule has 1 aromatic carbocycles. The van der Waals surface area contributed by atoms with E-state index in [1.165, 1.54) is 6.07 Å². The molecule has 29 heavy (non-hydrogen) atoms. The molecular weight excluding hydrogens is 393 g/mol. The third-order valence-electron chi connectivity index (χ3n) is 6.12. The predicted octanol–water partition coefficient (Wildman–Crippen LogP) is 3.36. The first-order valence-corrected chi connectivity index (χ1v) is 10.9. The van der Waals surface area contributed by atoms with Crippen LogP contribution in [0.3, 0.4) is 0 Å². The van der Waals surface area contributed by atoms with E-state index in [4.69, 9.17) is 27.8 Å². The predicted molar refractivity (Wildman–Crippen MR) is 113 cm³/mol. The van der Waals surface area contributed by atoms with Gasteiger partial charge in [0.25, 0.3) is 5.56 Å². The van der Waals surface area contributed by atoms with Crippen molar-refractivity contribution in [2.24, 2.45) is 17.6 Å². The van der Waals surface area contributed by atoms with Gasteiger partial charge in [-0.1, -0.05) is 0 Å². The summed E-state index contributed by atoms with van der Waals surface area (Å²) in [7, 11) is 0. The first-order valence-electron chi connectivity index (χ1n) is 10.4. The quantitative estimate of drug-likeness (QED) is 0.644. The molecule has 1 unspecified atom stereocenters. The van der Waals surface area contributed by atoms with Gasteiger partial charge in [0.2, 0.25) is 0 Å². The Morgan fingerprint density at radius 3 is 2.69 bits per heavy atom. The fourth-order valence-corrected chi connectivity index (χ4v) is 4.67. The van der Waals surface area contributed by atoms with Crippen LogP contribution >= 0.6 is 12.6 Å². The number of hydrogen-bond acceptors (Lipinski definition) is 6. The molecule has 1 aliphatic heterocycles. The normalized spacial score (nSPS) is 24.5. The maximum Gasteiger partial charge on any atom is 0.261 e. The van der Waals surface area contributed by atoms with Crippen LogP contribution in [0.2, 0.25) is 0 Å². The third kappa shape index (κ3) is 4.75. The first kappa shape index (κ1) is 20.6. The lowest BCUT2D eigenvalue weighted by molar-refractivity contribution is 0.0497. The summed E-state index contributed by atoms with van der Waals surface area (Å²) in [6.07, 6.45) is 5.64. The van der Waals surface area contributed by atoms with Crippen LogP contribution in [0.25, 0.3) is 10.9 Å². The van der Waals surface area contributed by atoms with Gasteiger partial charge in [0.05, 0.1) is 17.4 Å². The smallest absolute Gasteiger partial charge is 0.261 e. The number of ether oxygens (including phenoxy) is 2. The van der Waals surface area contributed by atoms with Gasteiger partial charge < -0.3 is 20.2 Å². The number of aromatic amines is 1. The Morgan fingerprint density at radius 1 is 1.24 bits per heavy atom. The minimum Gasteiger partial charge on any atom is -0.493 e. The Hall–Kier alpha value is -1.64. The molecule has 4 rings (SSSR count). The highest BCUT2D eigenvalue weighted by Gasteiger charge is 2.27. The van der Waals surface area contributed by atoms with Gasteiger partial charge in [-0.25, -0.2) is 9.37 Å². The lowest BCUT2D eigenvalue weighted by Gasteiger charge is -2.29. The Morgan fingerprint density at radius 2 is 1.97 bits per heavy atom. The van der Waals surface area contributed by atoms with E-state index in [2.05, 4.69) is 9.97 Å². The second kappa shape index (κ2) is 9.02. The van der Waals surface area contributed by atoms with Crippen molar-refractivity contribution in [2.45, 2.75) is 49.8 Å². The van der Waals surface area contributed by atoms with Crippen LogP contribution in [0.5, 0.6) is 5.75 Å². The Balaban J connectivity index is 1.56. The lowest BCUT2D eigenvalue weighted by Crippen LogP contribution is -2.29. The van der Waals surface area contributed by atoms with Gasteiger partial charge in [-0.2, -0.15) is 12.6 Å². The second-order valence-electron chi connectivity index (χ2n) is 8.24.